The third kappa shape index (κ3) is 2.07. The molecule has 0 radical (unpaired) electrons. The minimum absolute atomic E-state index is 0.0469. The van der Waals surface area contributed by atoms with E-state index < -0.39 is 11.7 Å². The van der Waals surface area contributed by atoms with E-state index in [0.29, 0.717) is 0 Å². The number of rotatable bonds is 2. The van der Waals surface area contributed by atoms with Crippen molar-refractivity contribution >= 4 is 17.3 Å². The number of carbonyl (C=O) groups is 1. The van der Waals surface area contributed by atoms with Crippen LogP contribution >= 0.6 is 0 Å². The highest BCUT2D eigenvalue weighted by atomic mass is 19.1. The van der Waals surface area contributed by atoms with Crippen molar-refractivity contribution in [2.24, 2.45) is 7.05 Å². The monoisotopic (exact) mass is 235 g/mol. The lowest BCUT2D eigenvalue weighted by Crippen LogP contribution is -2.18. The van der Waals surface area contributed by atoms with Crippen LogP contribution in [0.1, 0.15) is 10.5 Å². The molecule has 2 aromatic heterocycles. The molecule has 0 saturated carbocycles. The lowest BCUT2D eigenvalue weighted by Gasteiger charge is -2.06. The molecule has 0 unspecified atom stereocenters. The fraction of sp³-hybridized carbons (Fsp3) is 0.100. The van der Waals surface area contributed by atoms with E-state index in [2.05, 4.69) is 15.4 Å². The number of halogens is 1. The third-order valence-corrected chi connectivity index (χ3v) is 2.20. The van der Waals surface area contributed by atoms with E-state index in [4.69, 9.17) is 5.73 Å². The summed E-state index contributed by atoms with van der Waals surface area (Å²) >= 11 is 0. The molecule has 17 heavy (non-hydrogen) atoms. The summed E-state index contributed by atoms with van der Waals surface area (Å²) in [5.74, 6) is -1.13. The minimum Gasteiger partial charge on any atom is -0.396 e. The van der Waals surface area contributed by atoms with Crippen LogP contribution in [-0.4, -0.2) is 20.7 Å². The first kappa shape index (κ1) is 11.1. The maximum Gasteiger partial charge on any atom is 0.276 e. The molecule has 3 N–H and O–H groups in total. The van der Waals surface area contributed by atoms with Gasteiger partial charge in [0.1, 0.15) is 5.69 Å². The molecule has 6 nitrogen and oxygen atoms in total. The van der Waals surface area contributed by atoms with E-state index in [0.717, 1.165) is 6.20 Å². The van der Waals surface area contributed by atoms with Crippen LogP contribution in [0.2, 0.25) is 0 Å². The molecule has 0 atom stereocenters. The number of hydrogen-bond donors (Lipinski definition) is 2. The molecule has 0 bridgehead atoms. The third-order valence-electron chi connectivity index (χ3n) is 2.20. The van der Waals surface area contributed by atoms with Crippen LogP contribution < -0.4 is 11.1 Å². The minimum atomic E-state index is -0.610. The van der Waals surface area contributed by atoms with Gasteiger partial charge in [0.05, 0.1) is 23.8 Å². The summed E-state index contributed by atoms with van der Waals surface area (Å²) < 4.78 is 14.6. The van der Waals surface area contributed by atoms with Gasteiger partial charge in [0.2, 0.25) is 0 Å². The van der Waals surface area contributed by atoms with Crippen LogP contribution in [0.25, 0.3) is 0 Å². The van der Waals surface area contributed by atoms with Gasteiger partial charge in [-0.1, -0.05) is 0 Å². The van der Waals surface area contributed by atoms with Crippen molar-refractivity contribution in [1.82, 2.24) is 14.8 Å². The van der Waals surface area contributed by atoms with Crippen molar-refractivity contribution in [2.75, 3.05) is 11.1 Å². The maximum absolute atomic E-state index is 13.3. The van der Waals surface area contributed by atoms with Crippen LogP contribution in [0.3, 0.4) is 0 Å². The number of aromatic nitrogens is 3. The molecule has 0 aliphatic carbocycles. The van der Waals surface area contributed by atoms with Gasteiger partial charge in [0.15, 0.2) is 5.82 Å². The van der Waals surface area contributed by atoms with Gasteiger partial charge in [-0.15, -0.1) is 0 Å². The quantitative estimate of drug-likeness (QED) is 0.805. The Balaban J connectivity index is 2.27. The highest BCUT2D eigenvalue weighted by Gasteiger charge is 2.16. The molecule has 7 heteroatoms. The summed E-state index contributed by atoms with van der Waals surface area (Å²) in [6, 6.07) is 1.36. The number of hydrogen-bond acceptors (Lipinski definition) is 4. The summed E-state index contributed by atoms with van der Waals surface area (Å²) in [6.45, 7) is 0. The van der Waals surface area contributed by atoms with E-state index in [1.807, 2.05) is 0 Å². The normalized spacial score (nSPS) is 10.2. The summed E-state index contributed by atoms with van der Waals surface area (Å²) in [4.78, 5) is 15.4. The van der Waals surface area contributed by atoms with Gasteiger partial charge >= 0.3 is 0 Å². The van der Waals surface area contributed by atoms with Gasteiger partial charge in [-0.25, -0.2) is 4.39 Å². The van der Waals surface area contributed by atoms with Crippen molar-refractivity contribution in [3.05, 3.63) is 36.2 Å². The molecule has 0 spiro atoms. The van der Waals surface area contributed by atoms with Crippen molar-refractivity contribution in [3.63, 3.8) is 0 Å². The number of carbonyl (C=O) groups excluding carboxylic acids is 1. The highest BCUT2D eigenvalue weighted by molar-refractivity contribution is 6.06. The summed E-state index contributed by atoms with van der Waals surface area (Å²) in [6.07, 6.45) is 3.76. The second kappa shape index (κ2) is 4.20. The topological polar surface area (TPSA) is 85.8 Å². The highest BCUT2D eigenvalue weighted by Crippen LogP contribution is 2.15. The van der Waals surface area contributed by atoms with Crippen LogP contribution in [0.15, 0.2) is 24.7 Å². The van der Waals surface area contributed by atoms with Crippen molar-refractivity contribution in [2.45, 2.75) is 0 Å². The Labute approximate surface area is 96.3 Å². The number of aryl methyl sites for hydroxylation is 1. The van der Waals surface area contributed by atoms with Crippen LogP contribution in [-0.2, 0) is 7.05 Å². The number of nitrogens with two attached hydrogens (primary N) is 1. The SMILES string of the molecule is Cn1ncc(N)c1C(=O)Nc1ccncc1F. The first-order valence-electron chi connectivity index (χ1n) is 4.78. The molecule has 2 rings (SSSR count). The molecule has 0 saturated heterocycles. The molecule has 0 aliphatic heterocycles. The van der Waals surface area contributed by atoms with Gasteiger partial charge in [-0.3, -0.25) is 14.5 Å². The second-order valence-corrected chi connectivity index (χ2v) is 3.38. The number of nitrogen functional groups attached to an aromatic ring is 1. The smallest absolute Gasteiger partial charge is 0.276 e. The number of amides is 1. The van der Waals surface area contributed by atoms with E-state index in [9.17, 15) is 9.18 Å². The van der Waals surface area contributed by atoms with Crippen LogP contribution in [0.4, 0.5) is 15.8 Å². The molecule has 2 aromatic rings. The predicted molar refractivity (Wildman–Crippen MR) is 59.8 cm³/mol. The summed E-state index contributed by atoms with van der Waals surface area (Å²) in [5.41, 5.74) is 6.05. The molecule has 2 heterocycles. The lowest BCUT2D eigenvalue weighted by molar-refractivity contribution is 0.101. The molecule has 1 amide bonds. The Kier molecular flexibility index (Phi) is 2.73. The zero-order chi connectivity index (χ0) is 12.4. The molecular weight excluding hydrogens is 225 g/mol. The summed E-state index contributed by atoms with van der Waals surface area (Å²) in [5, 5.41) is 6.23. The molecule has 0 aromatic carbocycles. The van der Waals surface area contributed by atoms with E-state index >= 15 is 0 Å². The average Bonchev–Trinajstić information content (AvgIpc) is 2.62. The molecular formula is C10H10FN5O. The predicted octanol–water partition coefficient (Wildman–Crippen LogP) is 0.789. The largest absolute Gasteiger partial charge is 0.396 e. The number of nitrogens with one attached hydrogen (secondary N) is 1. The van der Waals surface area contributed by atoms with E-state index in [1.54, 1.807) is 7.05 Å². The summed E-state index contributed by atoms with van der Waals surface area (Å²) in [7, 11) is 1.58. The standard InChI is InChI=1S/C10H10FN5O/c1-16-9(7(12)5-14-16)10(17)15-8-2-3-13-4-6(8)11/h2-5H,12H2,1H3,(H,13,15,17). The van der Waals surface area contributed by atoms with Crippen LogP contribution in [0, 0.1) is 5.82 Å². The lowest BCUT2D eigenvalue weighted by atomic mass is 10.3. The Hall–Kier alpha value is -2.44. The fourth-order valence-electron chi connectivity index (χ4n) is 1.39. The van der Waals surface area contributed by atoms with Crippen LogP contribution in [0.5, 0.6) is 0 Å². The molecule has 0 fully saturated rings. The zero-order valence-electron chi connectivity index (χ0n) is 9.01. The Morgan fingerprint density at radius 1 is 1.53 bits per heavy atom. The second-order valence-electron chi connectivity index (χ2n) is 3.38. The van der Waals surface area contributed by atoms with Crippen molar-refractivity contribution < 1.29 is 9.18 Å². The van der Waals surface area contributed by atoms with Gasteiger partial charge in [-0.05, 0) is 6.07 Å². The molecule has 88 valence electrons. The maximum atomic E-state index is 13.3. The number of anilines is 2. The van der Waals surface area contributed by atoms with E-state index in [1.165, 1.54) is 23.1 Å². The fourth-order valence-corrected chi connectivity index (χ4v) is 1.39. The Morgan fingerprint density at radius 3 is 2.88 bits per heavy atom. The van der Waals surface area contributed by atoms with Crippen molar-refractivity contribution in [1.29, 1.82) is 0 Å². The average molecular weight is 235 g/mol. The van der Waals surface area contributed by atoms with Crippen molar-refractivity contribution in [3.8, 4) is 0 Å². The molecule has 0 aliphatic rings. The van der Waals surface area contributed by atoms with Gasteiger partial charge in [0.25, 0.3) is 5.91 Å². The Morgan fingerprint density at radius 2 is 2.29 bits per heavy atom. The zero-order valence-corrected chi connectivity index (χ0v) is 9.01. The van der Waals surface area contributed by atoms with Gasteiger partial charge in [0, 0.05) is 13.2 Å². The Bertz CT molecular complexity index is 546. The number of nitrogens with zero attached hydrogens (tertiary/aromatic N) is 3. The first-order chi connectivity index (χ1) is 8.09. The van der Waals surface area contributed by atoms with E-state index in [-0.39, 0.29) is 17.1 Å². The first-order valence-corrected chi connectivity index (χ1v) is 4.78. The van der Waals surface area contributed by atoms with Gasteiger partial charge < -0.3 is 11.1 Å². The number of pyridine rings is 1. The van der Waals surface area contributed by atoms with Gasteiger partial charge in [-0.2, -0.15) is 5.10 Å².